The fraction of sp³-hybridized carbons (Fsp3) is 0.333. The van der Waals surface area contributed by atoms with Crippen molar-refractivity contribution in [3.05, 3.63) is 71.8 Å². The van der Waals surface area contributed by atoms with E-state index in [0.717, 1.165) is 67.7 Å². The molecule has 2 aromatic heterocycles. The van der Waals surface area contributed by atoms with Crippen molar-refractivity contribution in [3.8, 4) is 11.1 Å². The standard InChI is InChI=1S/C27H32N6O2/c1-2-3-21-14-22(6-9-31-21)32-27(35)26(29)24-13-19(4-5-25(24)28)20-12-18(15-30-16-20)17-33-10-7-23(34)8-11-33/h4-6,9,12-16,23,29,34H,2-3,7-8,10-11,17,28H2,1H3,(H,31,32,35). The minimum Gasteiger partial charge on any atom is -0.398 e. The second-order valence-electron chi connectivity index (χ2n) is 9.01. The lowest BCUT2D eigenvalue weighted by molar-refractivity contribution is -0.110. The number of anilines is 2. The minimum atomic E-state index is -0.526. The summed E-state index contributed by atoms with van der Waals surface area (Å²) in [6, 6.07) is 11.0. The van der Waals surface area contributed by atoms with E-state index in [4.69, 9.17) is 11.1 Å². The second kappa shape index (κ2) is 11.2. The van der Waals surface area contributed by atoms with E-state index in [2.05, 4.69) is 33.2 Å². The largest absolute Gasteiger partial charge is 0.398 e. The Labute approximate surface area is 205 Å². The summed E-state index contributed by atoms with van der Waals surface area (Å²) < 4.78 is 0. The van der Waals surface area contributed by atoms with Gasteiger partial charge in [-0.3, -0.25) is 25.1 Å². The van der Waals surface area contributed by atoms with Gasteiger partial charge in [0.15, 0.2) is 0 Å². The molecule has 182 valence electrons. The molecule has 0 saturated carbocycles. The van der Waals surface area contributed by atoms with Crippen LogP contribution in [-0.2, 0) is 17.8 Å². The number of piperidine rings is 1. The van der Waals surface area contributed by atoms with Gasteiger partial charge >= 0.3 is 0 Å². The molecule has 5 N–H and O–H groups in total. The molecule has 1 aliphatic rings. The van der Waals surface area contributed by atoms with Crippen LogP contribution in [0.15, 0.2) is 55.0 Å². The van der Waals surface area contributed by atoms with E-state index in [0.29, 0.717) is 16.9 Å². The topological polar surface area (TPSA) is 128 Å². The summed E-state index contributed by atoms with van der Waals surface area (Å²) in [4.78, 5) is 23.9. The predicted octanol–water partition coefficient (Wildman–Crippen LogP) is 3.64. The van der Waals surface area contributed by atoms with Crippen molar-refractivity contribution in [1.82, 2.24) is 14.9 Å². The molecule has 3 heterocycles. The molecule has 1 aromatic carbocycles. The number of aromatic nitrogens is 2. The monoisotopic (exact) mass is 472 g/mol. The van der Waals surface area contributed by atoms with Gasteiger partial charge in [-0.1, -0.05) is 19.4 Å². The lowest BCUT2D eigenvalue weighted by atomic mass is 9.99. The van der Waals surface area contributed by atoms with E-state index in [9.17, 15) is 9.90 Å². The van der Waals surface area contributed by atoms with Gasteiger partial charge in [0.2, 0.25) is 0 Å². The first-order chi connectivity index (χ1) is 16.9. The zero-order valence-electron chi connectivity index (χ0n) is 20.0. The number of hydrogen-bond donors (Lipinski definition) is 4. The number of pyridine rings is 2. The molecule has 0 atom stereocenters. The quantitative estimate of drug-likeness (QED) is 0.293. The van der Waals surface area contributed by atoms with Gasteiger partial charge in [0.1, 0.15) is 5.71 Å². The van der Waals surface area contributed by atoms with E-state index < -0.39 is 5.91 Å². The van der Waals surface area contributed by atoms with Crippen molar-refractivity contribution in [2.24, 2.45) is 0 Å². The maximum atomic E-state index is 12.8. The average molecular weight is 473 g/mol. The van der Waals surface area contributed by atoms with Crippen LogP contribution in [0, 0.1) is 5.41 Å². The Hall–Kier alpha value is -3.62. The number of likely N-dealkylation sites (tertiary alicyclic amines) is 1. The van der Waals surface area contributed by atoms with E-state index in [1.54, 1.807) is 30.6 Å². The Morgan fingerprint density at radius 3 is 2.74 bits per heavy atom. The van der Waals surface area contributed by atoms with Crippen LogP contribution < -0.4 is 11.1 Å². The molecular weight excluding hydrogens is 440 g/mol. The van der Waals surface area contributed by atoms with Crippen LogP contribution in [0.4, 0.5) is 11.4 Å². The maximum Gasteiger partial charge on any atom is 0.274 e. The van der Waals surface area contributed by atoms with Gasteiger partial charge in [-0.05, 0) is 60.7 Å². The number of aliphatic hydroxyl groups is 1. The number of nitrogens with two attached hydrogens (primary N) is 1. The highest BCUT2D eigenvalue weighted by Crippen LogP contribution is 2.26. The predicted molar refractivity (Wildman–Crippen MR) is 138 cm³/mol. The fourth-order valence-electron chi connectivity index (χ4n) is 4.28. The number of hydrogen-bond acceptors (Lipinski definition) is 7. The minimum absolute atomic E-state index is 0.200. The Bertz CT molecular complexity index is 1200. The highest BCUT2D eigenvalue weighted by molar-refractivity contribution is 6.48. The van der Waals surface area contributed by atoms with Crippen LogP contribution in [0.5, 0.6) is 0 Å². The summed E-state index contributed by atoms with van der Waals surface area (Å²) in [5.74, 6) is -0.526. The first-order valence-electron chi connectivity index (χ1n) is 12.0. The molecule has 3 aromatic rings. The van der Waals surface area contributed by atoms with Gasteiger partial charge in [0.05, 0.1) is 6.10 Å². The summed E-state index contributed by atoms with van der Waals surface area (Å²) in [6.45, 7) is 4.56. The molecule has 1 fully saturated rings. The van der Waals surface area contributed by atoms with Crippen molar-refractivity contribution in [3.63, 3.8) is 0 Å². The third-order valence-corrected chi connectivity index (χ3v) is 6.22. The molecule has 0 bridgehead atoms. The summed E-state index contributed by atoms with van der Waals surface area (Å²) in [5, 5.41) is 21.0. The van der Waals surface area contributed by atoms with Crippen LogP contribution in [0.1, 0.15) is 43.0 Å². The zero-order valence-corrected chi connectivity index (χ0v) is 20.0. The third kappa shape index (κ3) is 6.29. The van der Waals surface area contributed by atoms with Crippen LogP contribution in [0.2, 0.25) is 0 Å². The number of nitrogens with one attached hydrogen (secondary N) is 2. The van der Waals surface area contributed by atoms with Crippen molar-refractivity contribution in [1.29, 1.82) is 5.41 Å². The van der Waals surface area contributed by atoms with Crippen LogP contribution in [-0.4, -0.2) is 50.8 Å². The Morgan fingerprint density at radius 1 is 1.17 bits per heavy atom. The van der Waals surface area contributed by atoms with E-state index in [1.165, 1.54) is 0 Å². The van der Waals surface area contributed by atoms with Crippen LogP contribution >= 0.6 is 0 Å². The fourth-order valence-corrected chi connectivity index (χ4v) is 4.28. The van der Waals surface area contributed by atoms with Gasteiger partial charge in [-0.15, -0.1) is 0 Å². The Balaban J connectivity index is 1.50. The molecule has 8 heteroatoms. The average Bonchev–Trinajstić information content (AvgIpc) is 2.86. The Kier molecular flexibility index (Phi) is 7.84. The van der Waals surface area contributed by atoms with Crippen molar-refractivity contribution >= 4 is 23.0 Å². The van der Waals surface area contributed by atoms with Crippen LogP contribution in [0.3, 0.4) is 0 Å². The van der Waals surface area contributed by atoms with E-state index >= 15 is 0 Å². The highest BCUT2D eigenvalue weighted by atomic mass is 16.3. The smallest absolute Gasteiger partial charge is 0.274 e. The summed E-state index contributed by atoms with van der Waals surface area (Å²) >= 11 is 0. The number of amides is 1. The number of aliphatic hydroxyl groups excluding tert-OH is 1. The number of nitrogens with zero attached hydrogens (tertiary/aromatic N) is 3. The molecule has 1 saturated heterocycles. The van der Waals surface area contributed by atoms with E-state index in [-0.39, 0.29) is 11.8 Å². The number of carbonyl (C=O) groups is 1. The van der Waals surface area contributed by atoms with Crippen molar-refractivity contribution in [2.75, 3.05) is 24.1 Å². The first-order valence-corrected chi connectivity index (χ1v) is 12.0. The van der Waals surface area contributed by atoms with Crippen molar-refractivity contribution in [2.45, 2.75) is 45.3 Å². The molecule has 0 unspecified atom stereocenters. The molecule has 4 rings (SSSR count). The van der Waals surface area contributed by atoms with Crippen LogP contribution in [0.25, 0.3) is 11.1 Å². The molecule has 0 aliphatic carbocycles. The lowest BCUT2D eigenvalue weighted by Gasteiger charge is -2.29. The normalized spacial score (nSPS) is 14.6. The van der Waals surface area contributed by atoms with E-state index in [1.807, 2.05) is 18.3 Å². The SMILES string of the molecule is CCCc1cc(NC(=O)C(=N)c2cc(-c3cncc(CN4CCC(O)CC4)c3)ccc2N)ccn1. The van der Waals surface area contributed by atoms with Gasteiger partial charge in [0.25, 0.3) is 5.91 Å². The van der Waals surface area contributed by atoms with Gasteiger partial charge in [-0.2, -0.15) is 0 Å². The lowest BCUT2D eigenvalue weighted by Crippen LogP contribution is -2.35. The van der Waals surface area contributed by atoms with Gasteiger partial charge in [0, 0.05) is 66.4 Å². The summed E-state index contributed by atoms with van der Waals surface area (Å²) in [6.07, 6.45) is 8.44. The first kappa shape index (κ1) is 24.5. The summed E-state index contributed by atoms with van der Waals surface area (Å²) in [7, 11) is 0. The molecule has 1 amide bonds. The zero-order chi connectivity index (χ0) is 24.8. The van der Waals surface area contributed by atoms with Gasteiger partial charge in [-0.25, -0.2) is 0 Å². The van der Waals surface area contributed by atoms with Crippen molar-refractivity contribution < 1.29 is 9.90 Å². The molecule has 0 spiro atoms. The molecule has 1 aliphatic heterocycles. The number of benzene rings is 1. The third-order valence-electron chi connectivity index (χ3n) is 6.22. The second-order valence-corrected chi connectivity index (χ2v) is 9.01. The Morgan fingerprint density at radius 2 is 1.97 bits per heavy atom. The highest BCUT2D eigenvalue weighted by Gasteiger charge is 2.18. The number of nitrogen functional groups attached to an aromatic ring is 1. The number of rotatable bonds is 8. The summed E-state index contributed by atoms with van der Waals surface area (Å²) in [5.41, 5.74) is 11.0. The maximum absolute atomic E-state index is 12.8. The molecule has 0 radical (unpaired) electrons. The van der Waals surface area contributed by atoms with Gasteiger partial charge < -0.3 is 16.2 Å². The number of carbonyl (C=O) groups excluding carboxylic acids is 1. The molecular formula is C27H32N6O2. The molecule has 8 nitrogen and oxygen atoms in total. The number of aryl methyl sites for hydroxylation is 1. The molecule has 35 heavy (non-hydrogen) atoms.